The summed E-state index contributed by atoms with van der Waals surface area (Å²) in [7, 11) is 0. The molecular weight excluding hydrogens is 178 g/mol. The van der Waals surface area contributed by atoms with Gasteiger partial charge in [0, 0.05) is 12.1 Å². The topological polar surface area (TPSA) is 57.8 Å². The van der Waals surface area contributed by atoms with Crippen molar-refractivity contribution < 1.29 is 4.79 Å². The van der Waals surface area contributed by atoms with Gasteiger partial charge in [-0.3, -0.25) is 9.89 Å². The summed E-state index contributed by atoms with van der Waals surface area (Å²) < 4.78 is 0. The molecule has 1 fully saturated rings. The van der Waals surface area contributed by atoms with Crippen LogP contribution in [0.5, 0.6) is 0 Å². The zero-order chi connectivity index (χ0) is 9.97. The van der Waals surface area contributed by atoms with Gasteiger partial charge < -0.3 is 5.32 Å². The maximum Gasteiger partial charge on any atom is 0.223 e. The highest BCUT2D eigenvalue weighted by atomic mass is 16.1. The van der Waals surface area contributed by atoms with E-state index in [1.54, 1.807) is 6.20 Å². The summed E-state index contributed by atoms with van der Waals surface area (Å²) >= 11 is 0. The predicted octanol–water partition coefficient (Wildman–Crippen LogP) is 1.07. The van der Waals surface area contributed by atoms with E-state index >= 15 is 0 Å². The molecule has 4 nitrogen and oxygen atoms in total. The zero-order valence-corrected chi connectivity index (χ0v) is 8.29. The SMILES string of the molecule is CC(C(=O)NCc1ccn[nH]1)C1CC1. The van der Waals surface area contributed by atoms with Crippen LogP contribution in [0.4, 0.5) is 0 Å². The lowest BCUT2D eigenvalue weighted by Gasteiger charge is -2.09. The average Bonchev–Trinajstić information content (AvgIpc) is 2.91. The summed E-state index contributed by atoms with van der Waals surface area (Å²) in [6.07, 6.45) is 4.10. The van der Waals surface area contributed by atoms with Crippen molar-refractivity contribution in [3.63, 3.8) is 0 Å². The van der Waals surface area contributed by atoms with Crippen molar-refractivity contribution in [2.45, 2.75) is 26.3 Å². The first-order valence-corrected chi connectivity index (χ1v) is 5.03. The van der Waals surface area contributed by atoms with Crippen LogP contribution in [0.15, 0.2) is 12.3 Å². The quantitative estimate of drug-likeness (QED) is 0.751. The largest absolute Gasteiger partial charge is 0.350 e. The van der Waals surface area contributed by atoms with Gasteiger partial charge in [-0.1, -0.05) is 6.92 Å². The summed E-state index contributed by atoms with van der Waals surface area (Å²) in [6, 6.07) is 1.86. The Morgan fingerprint density at radius 1 is 1.79 bits per heavy atom. The molecule has 1 aliphatic rings. The molecule has 0 saturated heterocycles. The summed E-state index contributed by atoms with van der Waals surface area (Å²) in [6.45, 7) is 2.55. The fourth-order valence-corrected chi connectivity index (χ4v) is 1.54. The second kappa shape index (κ2) is 3.82. The highest BCUT2D eigenvalue weighted by Crippen LogP contribution is 2.36. The number of aromatic nitrogens is 2. The fourth-order valence-electron chi connectivity index (χ4n) is 1.54. The Morgan fingerprint density at radius 2 is 2.57 bits per heavy atom. The second-order valence-electron chi connectivity index (χ2n) is 3.93. The van der Waals surface area contributed by atoms with Gasteiger partial charge in [-0.2, -0.15) is 5.10 Å². The van der Waals surface area contributed by atoms with Gasteiger partial charge >= 0.3 is 0 Å². The number of hydrogen-bond donors (Lipinski definition) is 2. The van der Waals surface area contributed by atoms with Crippen LogP contribution in [0.2, 0.25) is 0 Å². The Bertz CT molecular complexity index is 303. The maximum absolute atomic E-state index is 11.6. The van der Waals surface area contributed by atoms with Crippen molar-refractivity contribution in [1.29, 1.82) is 0 Å². The molecule has 1 unspecified atom stereocenters. The van der Waals surface area contributed by atoms with E-state index < -0.39 is 0 Å². The zero-order valence-electron chi connectivity index (χ0n) is 8.29. The van der Waals surface area contributed by atoms with Gasteiger partial charge in [0.25, 0.3) is 0 Å². The third kappa shape index (κ3) is 2.13. The molecule has 0 bridgehead atoms. The van der Waals surface area contributed by atoms with Gasteiger partial charge in [0.2, 0.25) is 5.91 Å². The smallest absolute Gasteiger partial charge is 0.223 e. The van der Waals surface area contributed by atoms with Gasteiger partial charge in [0.15, 0.2) is 0 Å². The Kier molecular flexibility index (Phi) is 2.52. The molecule has 1 atom stereocenters. The van der Waals surface area contributed by atoms with E-state index in [-0.39, 0.29) is 11.8 Å². The number of carbonyl (C=O) groups excluding carboxylic acids is 1. The number of amides is 1. The monoisotopic (exact) mass is 193 g/mol. The van der Waals surface area contributed by atoms with E-state index in [0.717, 1.165) is 5.69 Å². The first kappa shape index (κ1) is 9.24. The molecule has 4 heteroatoms. The molecule has 0 radical (unpaired) electrons. The Morgan fingerprint density at radius 3 is 3.14 bits per heavy atom. The molecule has 2 N–H and O–H groups in total. The number of carbonyl (C=O) groups is 1. The standard InChI is InChI=1S/C10H15N3O/c1-7(8-2-3-8)10(14)11-6-9-4-5-12-13-9/h4-5,7-8H,2-3,6H2,1H3,(H,11,14)(H,12,13). The van der Waals surface area contributed by atoms with Crippen molar-refractivity contribution in [1.82, 2.24) is 15.5 Å². The minimum atomic E-state index is 0.155. The van der Waals surface area contributed by atoms with Crippen LogP contribution in [0.25, 0.3) is 0 Å². The van der Waals surface area contributed by atoms with E-state index in [2.05, 4.69) is 15.5 Å². The van der Waals surface area contributed by atoms with Gasteiger partial charge in [-0.15, -0.1) is 0 Å². The Balaban J connectivity index is 1.77. The average molecular weight is 193 g/mol. The molecule has 0 spiro atoms. The summed E-state index contributed by atoms with van der Waals surface area (Å²) in [5.74, 6) is 0.941. The molecule has 1 aromatic rings. The van der Waals surface area contributed by atoms with E-state index in [1.807, 2.05) is 13.0 Å². The maximum atomic E-state index is 11.6. The molecule has 2 rings (SSSR count). The molecule has 1 aliphatic carbocycles. The Labute approximate surface area is 83.1 Å². The number of H-pyrrole nitrogens is 1. The molecule has 76 valence electrons. The molecular formula is C10H15N3O. The normalized spacial score (nSPS) is 17.8. The van der Waals surface area contributed by atoms with Crippen LogP contribution in [0.3, 0.4) is 0 Å². The molecule has 0 aliphatic heterocycles. The summed E-state index contributed by atoms with van der Waals surface area (Å²) in [5.41, 5.74) is 0.946. The molecule has 1 heterocycles. The van der Waals surface area contributed by atoms with E-state index in [4.69, 9.17) is 0 Å². The van der Waals surface area contributed by atoms with Crippen molar-refractivity contribution in [2.24, 2.45) is 11.8 Å². The lowest BCUT2D eigenvalue weighted by molar-refractivity contribution is -0.125. The molecule has 1 amide bonds. The van der Waals surface area contributed by atoms with Gasteiger partial charge in [-0.05, 0) is 24.8 Å². The van der Waals surface area contributed by atoms with Crippen LogP contribution >= 0.6 is 0 Å². The highest BCUT2D eigenvalue weighted by Gasteiger charge is 2.32. The summed E-state index contributed by atoms with van der Waals surface area (Å²) in [4.78, 5) is 11.6. The van der Waals surface area contributed by atoms with Crippen molar-refractivity contribution in [2.75, 3.05) is 0 Å². The lowest BCUT2D eigenvalue weighted by atomic mass is 10.1. The number of aromatic amines is 1. The summed E-state index contributed by atoms with van der Waals surface area (Å²) in [5, 5.41) is 9.52. The number of hydrogen-bond acceptors (Lipinski definition) is 2. The molecule has 14 heavy (non-hydrogen) atoms. The van der Waals surface area contributed by atoms with Crippen molar-refractivity contribution in [3.05, 3.63) is 18.0 Å². The minimum Gasteiger partial charge on any atom is -0.350 e. The Hall–Kier alpha value is -1.32. The van der Waals surface area contributed by atoms with E-state index in [1.165, 1.54) is 12.8 Å². The van der Waals surface area contributed by atoms with Gasteiger partial charge in [0.05, 0.1) is 12.2 Å². The van der Waals surface area contributed by atoms with Crippen LogP contribution in [0.1, 0.15) is 25.5 Å². The van der Waals surface area contributed by atoms with Crippen molar-refractivity contribution >= 4 is 5.91 Å². The second-order valence-corrected chi connectivity index (χ2v) is 3.93. The molecule has 1 aromatic heterocycles. The fraction of sp³-hybridized carbons (Fsp3) is 0.600. The van der Waals surface area contributed by atoms with Gasteiger partial charge in [-0.25, -0.2) is 0 Å². The molecule has 1 saturated carbocycles. The van der Waals surface area contributed by atoms with Crippen LogP contribution in [-0.4, -0.2) is 16.1 Å². The van der Waals surface area contributed by atoms with Gasteiger partial charge in [0.1, 0.15) is 0 Å². The third-order valence-electron chi connectivity index (χ3n) is 2.75. The predicted molar refractivity (Wildman–Crippen MR) is 52.3 cm³/mol. The first-order chi connectivity index (χ1) is 6.77. The third-order valence-corrected chi connectivity index (χ3v) is 2.75. The number of nitrogens with zero attached hydrogens (tertiary/aromatic N) is 1. The van der Waals surface area contributed by atoms with Crippen molar-refractivity contribution in [3.8, 4) is 0 Å². The highest BCUT2D eigenvalue weighted by molar-refractivity contribution is 5.78. The van der Waals surface area contributed by atoms with Crippen LogP contribution < -0.4 is 5.32 Å². The van der Waals surface area contributed by atoms with E-state index in [0.29, 0.717) is 12.5 Å². The van der Waals surface area contributed by atoms with E-state index in [9.17, 15) is 4.79 Å². The lowest BCUT2D eigenvalue weighted by Crippen LogP contribution is -2.29. The first-order valence-electron chi connectivity index (χ1n) is 5.03. The molecule has 0 aromatic carbocycles. The number of rotatable bonds is 4. The van der Waals surface area contributed by atoms with Crippen LogP contribution in [-0.2, 0) is 11.3 Å². The van der Waals surface area contributed by atoms with Crippen LogP contribution in [0, 0.1) is 11.8 Å². The minimum absolute atomic E-state index is 0.155. The number of nitrogens with one attached hydrogen (secondary N) is 2.